The van der Waals surface area contributed by atoms with Gasteiger partial charge in [-0.15, -0.1) is 0 Å². The number of benzene rings is 1. The van der Waals surface area contributed by atoms with E-state index in [0.29, 0.717) is 23.0 Å². The molecule has 0 spiro atoms. The van der Waals surface area contributed by atoms with Crippen LogP contribution in [0.25, 0.3) is 0 Å². The Morgan fingerprint density at radius 1 is 1.44 bits per heavy atom. The number of anilines is 2. The summed E-state index contributed by atoms with van der Waals surface area (Å²) in [5.74, 6) is 1.13. The van der Waals surface area contributed by atoms with E-state index in [1.807, 2.05) is 0 Å². The molecule has 6 heteroatoms. The molecule has 0 aliphatic rings. The lowest BCUT2D eigenvalue weighted by atomic mass is 10.1. The Kier molecular flexibility index (Phi) is 3.45. The van der Waals surface area contributed by atoms with Gasteiger partial charge in [-0.2, -0.15) is 0 Å². The van der Waals surface area contributed by atoms with Crippen LogP contribution in [0.5, 0.6) is 0 Å². The van der Waals surface area contributed by atoms with E-state index in [4.69, 9.17) is 10.2 Å². The van der Waals surface area contributed by atoms with E-state index in [0.717, 1.165) is 0 Å². The largest absolute Gasteiger partial charge is 0.444 e. The van der Waals surface area contributed by atoms with E-state index in [1.165, 1.54) is 12.1 Å². The third-order valence-corrected chi connectivity index (χ3v) is 2.41. The summed E-state index contributed by atoms with van der Waals surface area (Å²) >= 11 is 0. The van der Waals surface area contributed by atoms with Gasteiger partial charge in [0.05, 0.1) is 12.7 Å². The van der Waals surface area contributed by atoms with E-state index in [1.54, 1.807) is 19.2 Å². The maximum atomic E-state index is 12.8. The molecule has 96 valence electrons. The first-order valence-electron chi connectivity index (χ1n) is 5.39. The SMILES string of the molecule is Cc1cnc(CNc2ccc(N)cc2C(F)F)o1. The Balaban J connectivity index is 2.13. The number of hydrogen-bond donors (Lipinski definition) is 2. The first kappa shape index (κ1) is 12.3. The quantitative estimate of drug-likeness (QED) is 0.822. The molecule has 1 aromatic heterocycles. The van der Waals surface area contributed by atoms with Crippen molar-refractivity contribution in [1.29, 1.82) is 0 Å². The minimum atomic E-state index is -2.58. The van der Waals surface area contributed by atoms with Gasteiger partial charge in [-0.05, 0) is 25.1 Å². The summed E-state index contributed by atoms with van der Waals surface area (Å²) in [5, 5.41) is 2.86. The van der Waals surface area contributed by atoms with E-state index < -0.39 is 6.43 Å². The molecule has 2 rings (SSSR count). The zero-order chi connectivity index (χ0) is 13.1. The number of nitrogens with one attached hydrogen (secondary N) is 1. The van der Waals surface area contributed by atoms with Gasteiger partial charge < -0.3 is 15.5 Å². The topological polar surface area (TPSA) is 64.1 Å². The van der Waals surface area contributed by atoms with Crippen LogP contribution in [0.3, 0.4) is 0 Å². The van der Waals surface area contributed by atoms with Gasteiger partial charge in [0, 0.05) is 16.9 Å². The maximum absolute atomic E-state index is 12.8. The molecule has 0 aliphatic heterocycles. The zero-order valence-electron chi connectivity index (χ0n) is 9.78. The van der Waals surface area contributed by atoms with Crippen LogP contribution >= 0.6 is 0 Å². The number of aryl methyl sites for hydroxylation is 1. The number of halogens is 2. The monoisotopic (exact) mass is 253 g/mol. The number of oxazole rings is 1. The van der Waals surface area contributed by atoms with Gasteiger partial charge >= 0.3 is 0 Å². The molecule has 3 N–H and O–H groups in total. The fourth-order valence-corrected chi connectivity index (χ4v) is 1.58. The minimum absolute atomic E-state index is 0.127. The maximum Gasteiger partial charge on any atom is 0.265 e. The van der Waals surface area contributed by atoms with Crippen LogP contribution in [-0.2, 0) is 6.54 Å². The Morgan fingerprint density at radius 2 is 2.22 bits per heavy atom. The standard InChI is InChI=1S/C12H13F2N3O/c1-7-5-17-11(18-7)6-16-10-3-2-8(15)4-9(10)12(13)14/h2-5,12,16H,6,15H2,1H3. The molecule has 0 bridgehead atoms. The van der Waals surface area contributed by atoms with Crippen molar-refractivity contribution in [3.8, 4) is 0 Å². The van der Waals surface area contributed by atoms with Gasteiger partial charge in [-0.1, -0.05) is 0 Å². The molecule has 18 heavy (non-hydrogen) atoms. The van der Waals surface area contributed by atoms with Gasteiger partial charge in [-0.25, -0.2) is 13.8 Å². The molecule has 0 aliphatic carbocycles. The number of nitrogens with zero attached hydrogens (tertiary/aromatic N) is 1. The third-order valence-electron chi connectivity index (χ3n) is 2.41. The highest BCUT2D eigenvalue weighted by Crippen LogP contribution is 2.29. The highest BCUT2D eigenvalue weighted by Gasteiger charge is 2.13. The van der Waals surface area contributed by atoms with Crippen LogP contribution in [0.4, 0.5) is 20.2 Å². The highest BCUT2D eigenvalue weighted by molar-refractivity contribution is 5.58. The van der Waals surface area contributed by atoms with Gasteiger partial charge in [0.1, 0.15) is 5.76 Å². The van der Waals surface area contributed by atoms with Crippen LogP contribution in [0.2, 0.25) is 0 Å². The molecule has 0 fully saturated rings. The van der Waals surface area contributed by atoms with Crippen molar-refractivity contribution in [2.24, 2.45) is 0 Å². The van der Waals surface area contributed by atoms with Crippen molar-refractivity contribution < 1.29 is 13.2 Å². The number of nitrogens with two attached hydrogens (primary N) is 1. The van der Waals surface area contributed by atoms with E-state index in [-0.39, 0.29) is 12.1 Å². The Hall–Kier alpha value is -2.11. The summed E-state index contributed by atoms with van der Waals surface area (Å²) in [7, 11) is 0. The van der Waals surface area contributed by atoms with Crippen molar-refractivity contribution in [2.45, 2.75) is 19.9 Å². The molecule has 1 aromatic carbocycles. The third kappa shape index (κ3) is 2.77. The average Bonchev–Trinajstić information content (AvgIpc) is 2.73. The van der Waals surface area contributed by atoms with Crippen molar-refractivity contribution >= 4 is 11.4 Å². The number of rotatable bonds is 4. The van der Waals surface area contributed by atoms with Crippen LogP contribution in [0, 0.1) is 6.92 Å². The molecule has 0 amide bonds. The predicted octanol–water partition coefficient (Wildman–Crippen LogP) is 3.11. The summed E-state index contributed by atoms with van der Waals surface area (Å²) < 4.78 is 30.8. The highest BCUT2D eigenvalue weighted by atomic mass is 19.3. The van der Waals surface area contributed by atoms with Crippen molar-refractivity contribution in [3.05, 3.63) is 41.6 Å². The number of nitrogen functional groups attached to an aromatic ring is 1. The summed E-state index contributed by atoms with van der Waals surface area (Å²) in [6, 6.07) is 4.34. The molecule has 0 unspecified atom stereocenters. The molecule has 0 saturated heterocycles. The van der Waals surface area contributed by atoms with Crippen molar-refractivity contribution in [3.63, 3.8) is 0 Å². The molecular formula is C12H13F2N3O. The first-order valence-corrected chi connectivity index (χ1v) is 5.39. The molecule has 1 heterocycles. The van der Waals surface area contributed by atoms with Crippen LogP contribution < -0.4 is 11.1 Å². The molecule has 4 nitrogen and oxygen atoms in total. The van der Waals surface area contributed by atoms with E-state index >= 15 is 0 Å². The van der Waals surface area contributed by atoms with E-state index in [2.05, 4.69) is 10.3 Å². The second-order valence-electron chi connectivity index (χ2n) is 3.87. The minimum Gasteiger partial charge on any atom is -0.444 e. The second kappa shape index (κ2) is 5.03. The normalized spacial score (nSPS) is 10.9. The molecule has 0 radical (unpaired) electrons. The van der Waals surface area contributed by atoms with Gasteiger partial charge in [0.15, 0.2) is 0 Å². The number of hydrogen-bond acceptors (Lipinski definition) is 4. The van der Waals surface area contributed by atoms with Crippen LogP contribution in [0.1, 0.15) is 23.6 Å². The van der Waals surface area contributed by atoms with Crippen molar-refractivity contribution in [1.82, 2.24) is 4.98 Å². The average molecular weight is 253 g/mol. The van der Waals surface area contributed by atoms with Crippen molar-refractivity contribution in [2.75, 3.05) is 11.1 Å². The zero-order valence-corrected chi connectivity index (χ0v) is 9.78. The first-order chi connectivity index (χ1) is 8.56. The molecular weight excluding hydrogens is 240 g/mol. The number of aromatic nitrogens is 1. The predicted molar refractivity (Wildman–Crippen MR) is 64.4 cm³/mol. The fraction of sp³-hybridized carbons (Fsp3) is 0.250. The second-order valence-corrected chi connectivity index (χ2v) is 3.87. The molecule has 2 aromatic rings. The lowest BCUT2D eigenvalue weighted by Crippen LogP contribution is -2.03. The van der Waals surface area contributed by atoms with E-state index in [9.17, 15) is 8.78 Å². The van der Waals surface area contributed by atoms with Gasteiger partial charge in [0.2, 0.25) is 5.89 Å². The van der Waals surface area contributed by atoms with Crippen LogP contribution in [-0.4, -0.2) is 4.98 Å². The lowest BCUT2D eigenvalue weighted by molar-refractivity contribution is 0.152. The summed E-state index contributed by atoms with van der Waals surface area (Å²) in [5.41, 5.74) is 5.99. The van der Waals surface area contributed by atoms with Crippen LogP contribution in [0.15, 0.2) is 28.8 Å². The summed E-state index contributed by atoms with van der Waals surface area (Å²) in [6.07, 6.45) is -1.00. The van der Waals surface area contributed by atoms with Gasteiger partial charge in [0.25, 0.3) is 6.43 Å². The Morgan fingerprint density at radius 3 is 2.83 bits per heavy atom. The smallest absolute Gasteiger partial charge is 0.265 e. The Labute approximate surface area is 103 Å². The molecule has 0 atom stereocenters. The Bertz CT molecular complexity index is 540. The number of alkyl halides is 2. The summed E-state index contributed by atoms with van der Waals surface area (Å²) in [4.78, 5) is 3.98. The fourth-order valence-electron chi connectivity index (χ4n) is 1.58. The lowest BCUT2D eigenvalue weighted by Gasteiger charge is -2.11. The summed E-state index contributed by atoms with van der Waals surface area (Å²) in [6.45, 7) is 2.02. The molecule has 0 saturated carbocycles. The van der Waals surface area contributed by atoms with Gasteiger partial charge in [-0.3, -0.25) is 0 Å².